The van der Waals surface area contributed by atoms with Gasteiger partial charge >= 0.3 is 6.09 Å². The third kappa shape index (κ3) is 7.77. The van der Waals surface area contributed by atoms with Gasteiger partial charge in [0.25, 0.3) is 0 Å². The van der Waals surface area contributed by atoms with E-state index >= 15 is 0 Å². The highest BCUT2D eigenvalue weighted by Gasteiger charge is 2.25. The van der Waals surface area contributed by atoms with Gasteiger partial charge < -0.3 is 13.9 Å². The summed E-state index contributed by atoms with van der Waals surface area (Å²) in [5.74, 6) is 0. The lowest BCUT2D eigenvalue weighted by atomic mass is 10.0. The van der Waals surface area contributed by atoms with Crippen LogP contribution in [0.15, 0.2) is 77.8 Å². The van der Waals surface area contributed by atoms with E-state index in [0.29, 0.717) is 18.6 Å². The summed E-state index contributed by atoms with van der Waals surface area (Å²) in [6, 6.07) is 23.9. The largest absolute Gasteiger partial charge is 0.442 e. The molecule has 0 bridgehead atoms. The molecule has 4 rings (SSSR count). The van der Waals surface area contributed by atoms with Crippen molar-refractivity contribution in [2.45, 2.75) is 78.3 Å². The van der Waals surface area contributed by atoms with Crippen molar-refractivity contribution in [3.8, 4) is 0 Å². The minimum atomic E-state index is -3.55. The molecule has 224 valence electrons. The number of rotatable bonds is 9. The summed E-state index contributed by atoms with van der Waals surface area (Å²) in [7, 11) is -3.55. The van der Waals surface area contributed by atoms with Crippen LogP contribution in [-0.4, -0.2) is 41.0 Å². The monoisotopic (exact) mass is 590 g/mol. The van der Waals surface area contributed by atoms with Crippen molar-refractivity contribution in [3.63, 3.8) is 0 Å². The second-order valence-electron chi connectivity index (χ2n) is 12.1. The van der Waals surface area contributed by atoms with Gasteiger partial charge in [-0.3, -0.25) is 0 Å². The number of para-hydroxylation sites is 2. The molecule has 0 saturated heterocycles. The van der Waals surface area contributed by atoms with Crippen molar-refractivity contribution in [2.75, 3.05) is 6.54 Å². The zero-order valence-electron chi connectivity index (χ0n) is 25.6. The number of aromatic nitrogens is 2. The van der Waals surface area contributed by atoms with E-state index in [-0.39, 0.29) is 6.54 Å². The first-order valence-electron chi connectivity index (χ1n) is 14.3. The first kappa shape index (κ1) is 31.3. The van der Waals surface area contributed by atoms with Crippen LogP contribution in [0.25, 0.3) is 11.0 Å². The molecule has 1 amide bonds. The van der Waals surface area contributed by atoms with Crippen LogP contribution >= 0.6 is 0 Å². The van der Waals surface area contributed by atoms with Crippen molar-refractivity contribution < 1.29 is 17.9 Å². The Morgan fingerprint density at radius 1 is 0.881 bits per heavy atom. The highest BCUT2D eigenvalue weighted by Crippen LogP contribution is 2.23. The molecule has 0 aliphatic heterocycles. The molecule has 42 heavy (non-hydrogen) atoms. The summed E-state index contributed by atoms with van der Waals surface area (Å²) in [6.45, 7) is 13.4. The lowest BCUT2D eigenvalue weighted by molar-refractivity contribution is 0.0593. The van der Waals surface area contributed by atoms with Crippen molar-refractivity contribution in [3.05, 3.63) is 101 Å². The predicted octanol–water partition coefficient (Wildman–Crippen LogP) is 6.06. The molecule has 0 saturated carbocycles. The van der Waals surface area contributed by atoms with Crippen LogP contribution in [0.2, 0.25) is 0 Å². The quantitative estimate of drug-likeness (QED) is 0.257. The Kier molecular flexibility index (Phi) is 9.43. The number of ether oxygens (including phenoxy) is 1. The number of sulfonamides is 1. The lowest BCUT2D eigenvalue weighted by Gasteiger charge is -2.22. The molecule has 9 heteroatoms. The molecule has 1 N–H and O–H groups in total. The van der Waals surface area contributed by atoms with Gasteiger partial charge in [0.15, 0.2) is 0 Å². The number of carbonyl (C=O) groups excluding carboxylic acids is 1. The maximum atomic E-state index is 13.2. The molecular formula is C33H42N4O4S. The van der Waals surface area contributed by atoms with E-state index in [1.165, 1.54) is 0 Å². The van der Waals surface area contributed by atoms with Gasteiger partial charge in [0.05, 0.1) is 28.9 Å². The highest BCUT2D eigenvalue weighted by molar-refractivity contribution is 7.90. The Labute approximate surface area is 249 Å². The van der Waals surface area contributed by atoms with Gasteiger partial charge in [0.2, 0.25) is 15.6 Å². The van der Waals surface area contributed by atoms with E-state index < -0.39 is 33.0 Å². The van der Waals surface area contributed by atoms with Crippen molar-refractivity contribution in [2.24, 2.45) is 4.99 Å². The Morgan fingerprint density at radius 2 is 1.43 bits per heavy atom. The van der Waals surface area contributed by atoms with Crippen LogP contribution in [0.4, 0.5) is 4.79 Å². The number of imidazole rings is 1. The zero-order chi connectivity index (χ0) is 30.7. The van der Waals surface area contributed by atoms with E-state index in [4.69, 9.17) is 4.74 Å². The second-order valence-corrected chi connectivity index (χ2v) is 14.4. The fourth-order valence-corrected chi connectivity index (χ4v) is 5.50. The minimum Gasteiger partial charge on any atom is -0.442 e. The molecule has 1 aromatic heterocycles. The number of hydrogen-bond donors (Lipinski definition) is 1. The van der Waals surface area contributed by atoms with Crippen LogP contribution in [-0.2, 0) is 27.7 Å². The number of nitrogens with zero attached hydrogens (tertiary/aromatic N) is 3. The number of amides is 1. The van der Waals surface area contributed by atoms with Gasteiger partial charge in [-0.1, -0.05) is 71.8 Å². The summed E-state index contributed by atoms with van der Waals surface area (Å²) >= 11 is 0. The number of hydrogen-bond acceptors (Lipinski definition) is 4. The molecular weight excluding hydrogens is 548 g/mol. The van der Waals surface area contributed by atoms with Gasteiger partial charge in [-0.15, -0.1) is 4.99 Å². The lowest BCUT2D eigenvalue weighted by Crippen LogP contribution is -2.40. The van der Waals surface area contributed by atoms with E-state index in [2.05, 4.69) is 46.1 Å². The summed E-state index contributed by atoms with van der Waals surface area (Å²) in [6.07, 6.45) is -0.193. The number of carbonyl (C=O) groups is 1. The van der Waals surface area contributed by atoms with Crippen LogP contribution in [0.1, 0.15) is 62.9 Å². The molecule has 0 spiro atoms. The maximum Gasteiger partial charge on any atom is 0.437 e. The number of fused-ring (bicyclic) bond motifs is 1. The van der Waals surface area contributed by atoms with Crippen molar-refractivity contribution >= 4 is 27.1 Å². The van der Waals surface area contributed by atoms with Crippen LogP contribution < -0.4 is 10.3 Å². The summed E-state index contributed by atoms with van der Waals surface area (Å²) in [5.41, 5.74) is 5.76. The fourth-order valence-electron chi connectivity index (χ4n) is 4.74. The van der Waals surface area contributed by atoms with Gasteiger partial charge in [-0.05, 0) is 78.1 Å². The van der Waals surface area contributed by atoms with Crippen LogP contribution in [0, 0.1) is 13.8 Å². The van der Waals surface area contributed by atoms with Gasteiger partial charge in [-0.25, -0.2) is 17.9 Å². The third-order valence-corrected chi connectivity index (χ3v) is 8.84. The standard InChI is InChI=1S/C33H42N4O4S/c1-23(2)42(39,40)34-21-28(20-26-16-12-24(3)13-17-26)37-30-11-9-8-10-29(30)36(22-27-18-14-25(4)15-19-27)31(37)35-32(38)41-33(5,6)7/h8-19,23,28,34H,20-22H2,1-7H3. The SMILES string of the molecule is Cc1ccc(CC(CNS(=O)(=O)C(C)C)n2c(=NC(=O)OC(C)(C)C)n(Cc3ccc(C)cc3)c3ccccc32)cc1. The number of aryl methyl sites for hydroxylation is 2. The summed E-state index contributed by atoms with van der Waals surface area (Å²) in [5, 5.41) is -0.587. The third-order valence-electron chi connectivity index (χ3n) is 7.03. The number of nitrogens with one attached hydrogen (secondary N) is 1. The molecule has 0 aliphatic rings. The fraction of sp³-hybridized carbons (Fsp3) is 0.394. The Morgan fingerprint density at radius 3 is 1.98 bits per heavy atom. The maximum absolute atomic E-state index is 13.2. The Hall–Kier alpha value is -3.69. The molecule has 1 atom stereocenters. The zero-order valence-corrected chi connectivity index (χ0v) is 26.4. The molecule has 1 heterocycles. The highest BCUT2D eigenvalue weighted by atomic mass is 32.2. The molecule has 1 unspecified atom stereocenters. The Bertz CT molecular complexity index is 1710. The second kappa shape index (κ2) is 12.7. The summed E-state index contributed by atoms with van der Waals surface area (Å²) < 4.78 is 38.2. The van der Waals surface area contributed by atoms with Crippen LogP contribution in [0.3, 0.4) is 0 Å². The first-order valence-corrected chi connectivity index (χ1v) is 15.8. The topological polar surface area (TPSA) is 94.7 Å². The van der Waals surface area contributed by atoms with Gasteiger partial charge in [-0.2, -0.15) is 0 Å². The van der Waals surface area contributed by atoms with Crippen LogP contribution in [0.5, 0.6) is 0 Å². The first-order chi connectivity index (χ1) is 19.7. The van der Waals surface area contributed by atoms with E-state index in [1.807, 2.05) is 59.4 Å². The predicted molar refractivity (Wildman–Crippen MR) is 168 cm³/mol. The Balaban J connectivity index is 1.96. The molecule has 4 aromatic rings. The molecule has 0 aliphatic carbocycles. The average Bonchev–Trinajstić information content (AvgIpc) is 3.20. The van der Waals surface area contributed by atoms with E-state index in [9.17, 15) is 13.2 Å². The van der Waals surface area contributed by atoms with Crippen molar-refractivity contribution in [1.82, 2.24) is 13.9 Å². The van der Waals surface area contributed by atoms with E-state index in [1.54, 1.807) is 34.6 Å². The molecule has 8 nitrogen and oxygen atoms in total. The summed E-state index contributed by atoms with van der Waals surface area (Å²) in [4.78, 5) is 17.7. The van der Waals surface area contributed by atoms with Gasteiger partial charge in [0, 0.05) is 6.54 Å². The number of benzene rings is 3. The molecule has 3 aromatic carbocycles. The van der Waals surface area contributed by atoms with Gasteiger partial charge in [0.1, 0.15) is 5.60 Å². The minimum absolute atomic E-state index is 0.119. The molecule has 0 fully saturated rings. The average molecular weight is 591 g/mol. The molecule has 0 radical (unpaired) electrons. The smallest absolute Gasteiger partial charge is 0.437 e. The normalized spacial score (nSPS) is 13.6. The van der Waals surface area contributed by atoms with E-state index in [0.717, 1.165) is 33.3 Å². The van der Waals surface area contributed by atoms with Crippen molar-refractivity contribution in [1.29, 1.82) is 0 Å².